The summed E-state index contributed by atoms with van der Waals surface area (Å²) < 4.78 is 14.5. The van der Waals surface area contributed by atoms with Crippen LogP contribution in [-0.4, -0.2) is 33.0 Å². The van der Waals surface area contributed by atoms with Crippen molar-refractivity contribution in [2.24, 2.45) is 5.73 Å². The third-order valence-electron chi connectivity index (χ3n) is 6.39. The summed E-state index contributed by atoms with van der Waals surface area (Å²) in [5, 5.41) is 6.16. The Morgan fingerprint density at radius 2 is 1.73 bits per heavy atom. The normalized spacial score (nSPS) is 15.3. The molecule has 2 aromatic heterocycles. The van der Waals surface area contributed by atoms with E-state index < -0.39 is 5.91 Å². The summed E-state index contributed by atoms with van der Waals surface area (Å²) in [6, 6.07) is 16.2. The standard InChI is InChI=1S/C27H26FN7O2/c28-20-10-8-16(9-11-20)19-12-14-32-22(15-19)33-27(37)18-6-4-17(5-7-18)23-24(25(29)36)35(30)26(34-23)21-3-1-2-13-31-21/h4-12,14-15,21,31H,1-3,13,30H2,(H2,29,36)(H,32,33,37)/t21-/m0/s1. The maximum absolute atomic E-state index is 13.2. The van der Waals surface area contributed by atoms with Crippen LogP contribution < -0.4 is 22.2 Å². The molecule has 1 saturated heterocycles. The molecule has 2 aromatic carbocycles. The van der Waals surface area contributed by atoms with E-state index in [1.807, 2.05) is 0 Å². The number of carbonyl (C=O) groups is 2. The second-order valence-electron chi connectivity index (χ2n) is 8.87. The molecular formula is C27H26FN7O2. The van der Waals surface area contributed by atoms with Crippen molar-refractivity contribution in [1.29, 1.82) is 0 Å². The molecule has 1 aliphatic rings. The number of nitrogen functional groups attached to an aromatic ring is 1. The molecule has 0 saturated carbocycles. The van der Waals surface area contributed by atoms with E-state index in [1.165, 1.54) is 16.8 Å². The highest BCUT2D eigenvalue weighted by molar-refractivity contribution is 6.04. The van der Waals surface area contributed by atoms with Crippen LogP contribution >= 0.6 is 0 Å². The van der Waals surface area contributed by atoms with Gasteiger partial charge in [-0.3, -0.25) is 9.59 Å². The van der Waals surface area contributed by atoms with Crippen molar-refractivity contribution in [2.45, 2.75) is 25.3 Å². The van der Waals surface area contributed by atoms with Crippen LogP contribution in [0.15, 0.2) is 66.9 Å². The van der Waals surface area contributed by atoms with Crippen LogP contribution in [0, 0.1) is 5.82 Å². The van der Waals surface area contributed by atoms with Gasteiger partial charge in [0, 0.05) is 17.3 Å². The fraction of sp³-hybridized carbons (Fsp3) is 0.185. The van der Waals surface area contributed by atoms with E-state index in [9.17, 15) is 14.0 Å². The number of halogens is 1. The van der Waals surface area contributed by atoms with Gasteiger partial charge in [0.2, 0.25) is 0 Å². The van der Waals surface area contributed by atoms with Gasteiger partial charge in [-0.2, -0.15) is 0 Å². The Labute approximate surface area is 212 Å². The molecule has 0 radical (unpaired) electrons. The number of hydrogen-bond donors (Lipinski definition) is 4. The van der Waals surface area contributed by atoms with Crippen molar-refractivity contribution in [3.63, 3.8) is 0 Å². The Bertz CT molecular complexity index is 1440. The number of imidazole rings is 1. The van der Waals surface area contributed by atoms with Crippen LogP contribution in [0.1, 0.15) is 52.0 Å². The number of hydrogen-bond acceptors (Lipinski definition) is 6. The highest BCUT2D eigenvalue weighted by Gasteiger charge is 2.27. The van der Waals surface area contributed by atoms with Gasteiger partial charge in [0.15, 0.2) is 5.69 Å². The van der Waals surface area contributed by atoms with Gasteiger partial charge in [-0.1, -0.05) is 30.7 Å². The largest absolute Gasteiger partial charge is 0.364 e. The molecule has 2 amide bonds. The van der Waals surface area contributed by atoms with Crippen molar-refractivity contribution in [3.8, 4) is 22.4 Å². The molecule has 188 valence electrons. The zero-order valence-electron chi connectivity index (χ0n) is 19.9. The van der Waals surface area contributed by atoms with E-state index in [4.69, 9.17) is 11.6 Å². The third-order valence-corrected chi connectivity index (χ3v) is 6.39. The number of aromatic nitrogens is 3. The summed E-state index contributed by atoms with van der Waals surface area (Å²) in [6.45, 7) is 0.851. The lowest BCUT2D eigenvalue weighted by molar-refractivity contribution is 0.0991. The third kappa shape index (κ3) is 5.05. The minimum atomic E-state index is -0.680. The first kappa shape index (κ1) is 24.1. The highest BCUT2D eigenvalue weighted by Crippen LogP contribution is 2.29. The van der Waals surface area contributed by atoms with E-state index in [-0.39, 0.29) is 23.5 Å². The lowest BCUT2D eigenvalue weighted by atomic mass is 10.0. The summed E-state index contributed by atoms with van der Waals surface area (Å²) in [5.41, 5.74) is 8.71. The number of nitrogens with two attached hydrogens (primary N) is 2. The number of primary amides is 1. The van der Waals surface area contributed by atoms with E-state index in [1.54, 1.807) is 54.7 Å². The number of nitrogens with one attached hydrogen (secondary N) is 2. The molecule has 1 fully saturated rings. The van der Waals surface area contributed by atoms with Gasteiger partial charge < -0.3 is 22.2 Å². The van der Waals surface area contributed by atoms with E-state index >= 15 is 0 Å². The van der Waals surface area contributed by atoms with Crippen LogP contribution in [0.25, 0.3) is 22.4 Å². The average Bonchev–Trinajstić information content (AvgIpc) is 3.27. The molecule has 1 aliphatic heterocycles. The van der Waals surface area contributed by atoms with Crippen LogP contribution in [-0.2, 0) is 0 Å². The molecule has 10 heteroatoms. The molecule has 37 heavy (non-hydrogen) atoms. The fourth-order valence-electron chi connectivity index (χ4n) is 4.49. The zero-order chi connectivity index (χ0) is 25.9. The number of pyridine rings is 1. The summed E-state index contributed by atoms with van der Waals surface area (Å²) in [5.74, 6) is 5.77. The topological polar surface area (TPSA) is 141 Å². The summed E-state index contributed by atoms with van der Waals surface area (Å²) in [7, 11) is 0. The highest BCUT2D eigenvalue weighted by atomic mass is 19.1. The molecule has 4 aromatic rings. The SMILES string of the molecule is NC(=O)c1c(-c2ccc(C(=O)Nc3cc(-c4ccc(F)cc4)ccn3)cc2)nc([C@@H]2CCCCN2)n1N. The number of nitrogens with zero attached hydrogens (tertiary/aromatic N) is 3. The predicted molar refractivity (Wildman–Crippen MR) is 139 cm³/mol. The van der Waals surface area contributed by atoms with Crippen molar-refractivity contribution in [1.82, 2.24) is 20.0 Å². The minimum absolute atomic E-state index is 0.0613. The van der Waals surface area contributed by atoms with Crippen molar-refractivity contribution in [2.75, 3.05) is 17.7 Å². The van der Waals surface area contributed by atoms with Crippen molar-refractivity contribution >= 4 is 17.6 Å². The number of anilines is 1. The monoisotopic (exact) mass is 499 g/mol. The first-order valence-corrected chi connectivity index (χ1v) is 12.0. The van der Waals surface area contributed by atoms with E-state index in [0.29, 0.717) is 28.5 Å². The van der Waals surface area contributed by atoms with Gasteiger partial charge >= 0.3 is 0 Å². The van der Waals surface area contributed by atoms with Gasteiger partial charge in [0.25, 0.3) is 11.8 Å². The molecule has 9 nitrogen and oxygen atoms in total. The molecule has 6 N–H and O–H groups in total. The lowest BCUT2D eigenvalue weighted by Gasteiger charge is -2.22. The van der Waals surface area contributed by atoms with Crippen LogP contribution in [0.3, 0.4) is 0 Å². The Morgan fingerprint density at radius 3 is 2.41 bits per heavy atom. The number of rotatable bonds is 6. The van der Waals surface area contributed by atoms with E-state index in [2.05, 4.69) is 20.6 Å². The molecule has 0 bridgehead atoms. The molecule has 1 atom stereocenters. The quantitative estimate of drug-likeness (QED) is 0.299. The Kier molecular flexibility index (Phi) is 6.65. The Hall–Kier alpha value is -4.57. The summed E-state index contributed by atoms with van der Waals surface area (Å²) >= 11 is 0. The fourth-order valence-corrected chi connectivity index (χ4v) is 4.49. The van der Waals surface area contributed by atoms with Crippen LogP contribution in [0.5, 0.6) is 0 Å². The summed E-state index contributed by atoms with van der Waals surface area (Å²) in [6.07, 6.45) is 4.55. The van der Waals surface area contributed by atoms with Gasteiger partial charge in [-0.15, -0.1) is 0 Å². The lowest BCUT2D eigenvalue weighted by Crippen LogP contribution is -2.32. The van der Waals surface area contributed by atoms with Crippen molar-refractivity contribution < 1.29 is 14.0 Å². The number of piperidine rings is 1. The first-order valence-electron chi connectivity index (χ1n) is 12.0. The van der Waals surface area contributed by atoms with Crippen LogP contribution in [0.2, 0.25) is 0 Å². The molecule has 5 rings (SSSR count). The van der Waals surface area contributed by atoms with Crippen LogP contribution in [0.4, 0.5) is 10.2 Å². The molecule has 0 spiro atoms. The number of amides is 2. The average molecular weight is 500 g/mol. The molecule has 0 unspecified atom stereocenters. The Balaban J connectivity index is 1.36. The molecule has 0 aliphatic carbocycles. The summed E-state index contributed by atoms with van der Waals surface area (Å²) in [4.78, 5) is 33.9. The van der Waals surface area contributed by atoms with Crippen molar-refractivity contribution in [3.05, 3.63) is 89.8 Å². The second-order valence-corrected chi connectivity index (χ2v) is 8.87. The smallest absolute Gasteiger partial charge is 0.269 e. The maximum atomic E-state index is 13.2. The van der Waals surface area contributed by atoms with Gasteiger partial charge in [0.05, 0.1) is 6.04 Å². The predicted octanol–water partition coefficient (Wildman–Crippen LogP) is 3.63. The van der Waals surface area contributed by atoms with E-state index in [0.717, 1.165) is 36.9 Å². The van der Waals surface area contributed by atoms with Gasteiger partial charge in [0.1, 0.15) is 23.2 Å². The van der Waals surface area contributed by atoms with Gasteiger partial charge in [-0.25, -0.2) is 19.0 Å². The minimum Gasteiger partial charge on any atom is -0.364 e. The zero-order valence-corrected chi connectivity index (χ0v) is 19.9. The Morgan fingerprint density at radius 1 is 1.00 bits per heavy atom. The second kappa shape index (κ2) is 10.2. The first-order chi connectivity index (χ1) is 17.9. The molecule has 3 heterocycles. The molecular weight excluding hydrogens is 473 g/mol. The number of benzene rings is 2. The number of carbonyl (C=O) groups excluding carboxylic acids is 2. The van der Waals surface area contributed by atoms with Gasteiger partial charge in [-0.05, 0) is 66.9 Å². The maximum Gasteiger partial charge on any atom is 0.269 e.